The van der Waals surface area contributed by atoms with Crippen LogP contribution in [0.1, 0.15) is 10.4 Å². The lowest BCUT2D eigenvalue weighted by Crippen LogP contribution is -2.11. The fourth-order valence-corrected chi connectivity index (χ4v) is 3.09. The molecule has 2 aromatic carbocycles. The van der Waals surface area contributed by atoms with Crippen LogP contribution in [0.5, 0.6) is 5.75 Å². The van der Waals surface area contributed by atoms with Gasteiger partial charge in [-0.05, 0) is 35.9 Å². The molecular weight excluding hydrogens is 334 g/mol. The van der Waals surface area contributed by atoms with Crippen molar-refractivity contribution in [2.45, 2.75) is 0 Å². The SMILES string of the molecule is NOC(=O)c1ccccc1-c1c2ccc(=O)cc-2oc2cc(O)ccc12. The van der Waals surface area contributed by atoms with Gasteiger partial charge in [-0.1, -0.05) is 18.2 Å². The van der Waals surface area contributed by atoms with Gasteiger partial charge in [-0.2, -0.15) is 5.90 Å². The molecule has 0 bridgehead atoms. The lowest BCUT2D eigenvalue weighted by molar-refractivity contribution is 0.0504. The van der Waals surface area contributed by atoms with Crippen molar-refractivity contribution in [3.8, 4) is 28.2 Å². The van der Waals surface area contributed by atoms with Crippen molar-refractivity contribution in [1.29, 1.82) is 0 Å². The second-order valence-corrected chi connectivity index (χ2v) is 5.77. The van der Waals surface area contributed by atoms with Crippen molar-refractivity contribution in [2.24, 2.45) is 5.90 Å². The minimum Gasteiger partial charge on any atom is -0.508 e. The highest BCUT2D eigenvalue weighted by atomic mass is 16.7. The Labute approximate surface area is 147 Å². The average Bonchev–Trinajstić information content (AvgIpc) is 2.65. The molecule has 4 rings (SSSR count). The van der Waals surface area contributed by atoms with Crippen LogP contribution in [0, 0.1) is 0 Å². The van der Waals surface area contributed by atoms with Crippen molar-refractivity contribution in [3.63, 3.8) is 0 Å². The average molecular weight is 347 g/mol. The summed E-state index contributed by atoms with van der Waals surface area (Å²) in [5.74, 6) is 4.77. The molecule has 1 aliphatic heterocycles. The minimum atomic E-state index is -0.679. The predicted molar refractivity (Wildman–Crippen MR) is 95.8 cm³/mol. The summed E-state index contributed by atoms with van der Waals surface area (Å²) < 4.78 is 5.80. The number of aromatic hydroxyl groups is 1. The molecule has 0 saturated carbocycles. The number of phenolic OH excluding ortho intramolecular Hbond substituents is 1. The van der Waals surface area contributed by atoms with Gasteiger partial charge in [-0.25, -0.2) is 4.79 Å². The Hall–Kier alpha value is -3.64. The van der Waals surface area contributed by atoms with Gasteiger partial charge in [0.15, 0.2) is 5.43 Å². The Balaban J connectivity index is 2.18. The summed E-state index contributed by atoms with van der Waals surface area (Å²) in [6.07, 6.45) is 0. The van der Waals surface area contributed by atoms with Crippen LogP contribution < -0.4 is 11.3 Å². The van der Waals surface area contributed by atoms with Gasteiger partial charge >= 0.3 is 5.97 Å². The van der Waals surface area contributed by atoms with Gasteiger partial charge in [0, 0.05) is 28.6 Å². The molecule has 0 fully saturated rings. The van der Waals surface area contributed by atoms with Crippen LogP contribution in [0.25, 0.3) is 33.4 Å². The zero-order valence-corrected chi connectivity index (χ0v) is 13.4. The second-order valence-electron chi connectivity index (χ2n) is 5.77. The van der Waals surface area contributed by atoms with Gasteiger partial charge in [-0.15, -0.1) is 0 Å². The number of nitrogens with two attached hydrogens (primary N) is 1. The van der Waals surface area contributed by atoms with Crippen molar-refractivity contribution in [3.05, 3.63) is 76.5 Å². The first-order valence-corrected chi connectivity index (χ1v) is 7.78. The number of benzene rings is 3. The highest BCUT2D eigenvalue weighted by Crippen LogP contribution is 2.41. The monoisotopic (exact) mass is 347 g/mol. The van der Waals surface area contributed by atoms with E-state index in [0.717, 1.165) is 0 Å². The van der Waals surface area contributed by atoms with E-state index in [0.29, 0.717) is 33.4 Å². The molecule has 0 amide bonds. The molecule has 1 heterocycles. The first kappa shape index (κ1) is 15.9. The molecule has 6 nitrogen and oxygen atoms in total. The van der Waals surface area contributed by atoms with E-state index in [4.69, 9.17) is 10.3 Å². The standard InChI is InChI=1S/C20H13NO5/c21-26-20(24)14-4-2-1-3-13(14)19-15-7-5-11(22)9-17(15)25-18-10-12(23)6-8-16(18)19/h1-10,22H,21H2. The summed E-state index contributed by atoms with van der Waals surface area (Å²) in [6, 6.07) is 16.0. The quantitative estimate of drug-likeness (QED) is 0.426. The number of hydrogen-bond acceptors (Lipinski definition) is 6. The molecule has 0 atom stereocenters. The van der Waals surface area contributed by atoms with Crippen LogP contribution in [-0.2, 0) is 4.84 Å². The fourth-order valence-electron chi connectivity index (χ4n) is 3.09. The van der Waals surface area contributed by atoms with E-state index in [1.807, 2.05) is 0 Å². The highest BCUT2D eigenvalue weighted by Gasteiger charge is 2.22. The molecule has 0 unspecified atom stereocenters. The number of fused-ring (bicyclic) bond motifs is 2. The third kappa shape index (κ3) is 2.49. The van der Waals surface area contributed by atoms with E-state index in [1.54, 1.807) is 36.4 Å². The van der Waals surface area contributed by atoms with Gasteiger partial charge < -0.3 is 14.4 Å². The summed E-state index contributed by atoms with van der Waals surface area (Å²) in [4.78, 5) is 28.3. The largest absolute Gasteiger partial charge is 0.508 e. The van der Waals surface area contributed by atoms with Crippen LogP contribution >= 0.6 is 0 Å². The van der Waals surface area contributed by atoms with Crippen molar-refractivity contribution in [2.75, 3.05) is 0 Å². The molecule has 0 saturated heterocycles. The lowest BCUT2D eigenvalue weighted by atomic mass is 9.91. The molecular formula is C20H13NO5. The van der Waals surface area contributed by atoms with Gasteiger partial charge in [0.05, 0.1) is 5.56 Å². The van der Waals surface area contributed by atoms with E-state index < -0.39 is 5.97 Å². The van der Waals surface area contributed by atoms with Crippen molar-refractivity contribution < 1.29 is 19.2 Å². The summed E-state index contributed by atoms with van der Waals surface area (Å²) in [5, 5.41) is 10.5. The Kier molecular flexibility index (Phi) is 3.67. The third-order valence-electron chi connectivity index (χ3n) is 4.20. The summed E-state index contributed by atoms with van der Waals surface area (Å²) >= 11 is 0. The number of carbonyl (C=O) groups is 1. The molecule has 128 valence electrons. The fraction of sp³-hybridized carbons (Fsp3) is 0. The highest BCUT2D eigenvalue weighted by molar-refractivity contribution is 6.07. The van der Waals surface area contributed by atoms with Crippen LogP contribution in [0.4, 0.5) is 0 Å². The molecule has 0 spiro atoms. The van der Waals surface area contributed by atoms with E-state index in [9.17, 15) is 14.7 Å². The summed E-state index contributed by atoms with van der Waals surface area (Å²) in [7, 11) is 0. The maximum absolute atomic E-state index is 12.1. The molecule has 2 aliphatic rings. The van der Waals surface area contributed by atoms with E-state index in [-0.39, 0.29) is 16.7 Å². The Morgan fingerprint density at radius 2 is 1.81 bits per heavy atom. The van der Waals surface area contributed by atoms with Crippen LogP contribution in [0.2, 0.25) is 0 Å². The first-order valence-electron chi connectivity index (χ1n) is 7.78. The van der Waals surface area contributed by atoms with Gasteiger partial charge in [0.1, 0.15) is 17.1 Å². The maximum Gasteiger partial charge on any atom is 0.357 e. The van der Waals surface area contributed by atoms with E-state index in [2.05, 4.69) is 4.84 Å². The topological polar surface area (TPSA) is 103 Å². The zero-order chi connectivity index (χ0) is 18.3. The van der Waals surface area contributed by atoms with Gasteiger partial charge in [0.25, 0.3) is 0 Å². The summed E-state index contributed by atoms with van der Waals surface area (Å²) in [5.41, 5.74) is 2.37. The number of phenols is 1. The minimum absolute atomic E-state index is 0.0273. The molecule has 0 aromatic heterocycles. The third-order valence-corrected chi connectivity index (χ3v) is 4.20. The predicted octanol–water partition coefficient (Wildman–Crippen LogP) is 3.30. The van der Waals surface area contributed by atoms with Crippen molar-refractivity contribution in [1.82, 2.24) is 0 Å². The number of rotatable bonds is 2. The Morgan fingerprint density at radius 1 is 1.00 bits per heavy atom. The molecule has 1 aliphatic carbocycles. The Morgan fingerprint density at radius 3 is 2.62 bits per heavy atom. The lowest BCUT2D eigenvalue weighted by Gasteiger charge is -2.16. The van der Waals surface area contributed by atoms with Crippen molar-refractivity contribution >= 4 is 16.9 Å². The first-order chi connectivity index (χ1) is 12.6. The van der Waals surface area contributed by atoms with Crippen LogP contribution in [0.15, 0.2) is 69.9 Å². The second kappa shape index (κ2) is 6.02. The van der Waals surface area contributed by atoms with Crippen LogP contribution in [0.3, 0.4) is 0 Å². The molecule has 2 aromatic rings. The maximum atomic E-state index is 12.1. The van der Waals surface area contributed by atoms with E-state index >= 15 is 0 Å². The molecule has 6 heteroatoms. The van der Waals surface area contributed by atoms with Gasteiger partial charge in [-0.3, -0.25) is 4.79 Å². The molecule has 0 radical (unpaired) electrons. The van der Waals surface area contributed by atoms with Crippen LogP contribution in [-0.4, -0.2) is 11.1 Å². The normalized spacial score (nSPS) is 11.0. The smallest absolute Gasteiger partial charge is 0.357 e. The number of carbonyl (C=O) groups excluding carboxylic acids is 1. The number of hydrogen-bond donors (Lipinski definition) is 2. The van der Waals surface area contributed by atoms with Gasteiger partial charge in [0.2, 0.25) is 0 Å². The summed E-state index contributed by atoms with van der Waals surface area (Å²) in [6.45, 7) is 0. The molecule has 26 heavy (non-hydrogen) atoms. The zero-order valence-electron chi connectivity index (χ0n) is 13.4. The Bertz CT molecular complexity index is 1180. The molecule has 3 N–H and O–H groups in total. The van der Waals surface area contributed by atoms with E-state index in [1.165, 1.54) is 24.3 Å².